The lowest BCUT2D eigenvalue weighted by molar-refractivity contribution is -0.141. The van der Waals surface area contributed by atoms with Crippen molar-refractivity contribution in [1.29, 1.82) is 0 Å². The molecule has 5 nitrogen and oxygen atoms in total. The van der Waals surface area contributed by atoms with Gasteiger partial charge in [-0.2, -0.15) is 8.78 Å². The van der Waals surface area contributed by atoms with E-state index in [0.717, 1.165) is 0 Å². The zero-order chi connectivity index (χ0) is 14.1. The van der Waals surface area contributed by atoms with Crippen molar-refractivity contribution in [2.24, 2.45) is 11.7 Å². The summed E-state index contributed by atoms with van der Waals surface area (Å²) in [5, 5.41) is 2.74. The fraction of sp³-hybridized carbons (Fsp3) is 0.636. The first kappa shape index (κ1) is 16.5. The topological polar surface area (TPSA) is 81.4 Å². The van der Waals surface area contributed by atoms with Crippen molar-refractivity contribution < 1.29 is 23.1 Å². The lowest BCUT2D eigenvalue weighted by Crippen LogP contribution is -2.42. The van der Waals surface area contributed by atoms with E-state index >= 15 is 0 Å². The van der Waals surface area contributed by atoms with Gasteiger partial charge in [-0.3, -0.25) is 9.59 Å². The zero-order valence-corrected chi connectivity index (χ0v) is 10.4. The molecule has 0 saturated carbocycles. The lowest BCUT2D eigenvalue weighted by Gasteiger charge is -2.17. The van der Waals surface area contributed by atoms with E-state index in [1.165, 1.54) is 7.11 Å². The Morgan fingerprint density at radius 2 is 2.06 bits per heavy atom. The normalized spacial score (nSPS) is 13.6. The Labute approximate surface area is 104 Å². The van der Waals surface area contributed by atoms with Gasteiger partial charge in [-0.15, -0.1) is 0 Å². The van der Waals surface area contributed by atoms with Crippen molar-refractivity contribution in [3.8, 4) is 0 Å². The van der Waals surface area contributed by atoms with Crippen LogP contribution in [0.1, 0.15) is 19.8 Å². The predicted molar refractivity (Wildman–Crippen MR) is 61.7 cm³/mol. The van der Waals surface area contributed by atoms with Crippen LogP contribution < -0.4 is 11.1 Å². The van der Waals surface area contributed by atoms with Crippen molar-refractivity contribution in [3.63, 3.8) is 0 Å². The minimum absolute atomic E-state index is 0.0495. The van der Waals surface area contributed by atoms with Gasteiger partial charge in [-0.05, 0) is 12.5 Å². The Kier molecular flexibility index (Phi) is 7.86. The standard InChI is InChI=1S/C11H18F2N2O3/c1-3-8(11(14)17)15-6-7(4-9(12)13)5-10(16)18-2/h4,7-8,15H,3,5-6H2,1-2H3,(H2,14,17)/t7-,8-/m0/s1. The van der Waals surface area contributed by atoms with Crippen LogP contribution in [0.25, 0.3) is 0 Å². The summed E-state index contributed by atoms with van der Waals surface area (Å²) in [5.41, 5.74) is 5.11. The van der Waals surface area contributed by atoms with Gasteiger partial charge >= 0.3 is 5.97 Å². The number of ether oxygens (including phenoxy) is 1. The zero-order valence-electron chi connectivity index (χ0n) is 10.4. The molecule has 0 saturated heterocycles. The van der Waals surface area contributed by atoms with Crippen molar-refractivity contribution in [3.05, 3.63) is 12.2 Å². The number of methoxy groups -OCH3 is 1. The van der Waals surface area contributed by atoms with Gasteiger partial charge in [0.1, 0.15) is 0 Å². The summed E-state index contributed by atoms with van der Waals surface area (Å²) >= 11 is 0. The van der Waals surface area contributed by atoms with Crippen molar-refractivity contribution in [1.82, 2.24) is 5.32 Å². The summed E-state index contributed by atoms with van der Waals surface area (Å²) in [5.74, 6) is -1.89. The van der Waals surface area contributed by atoms with Crippen LogP contribution in [0.5, 0.6) is 0 Å². The van der Waals surface area contributed by atoms with Crippen molar-refractivity contribution >= 4 is 11.9 Å². The summed E-state index contributed by atoms with van der Waals surface area (Å²) in [6, 6.07) is -0.596. The molecule has 3 N–H and O–H groups in total. The minimum atomic E-state index is -1.88. The number of hydrogen-bond donors (Lipinski definition) is 2. The van der Waals surface area contributed by atoms with E-state index in [-0.39, 0.29) is 13.0 Å². The lowest BCUT2D eigenvalue weighted by atomic mass is 10.0. The first-order valence-electron chi connectivity index (χ1n) is 5.53. The smallest absolute Gasteiger partial charge is 0.306 e. The molecule has 18 heavy (non-hydrogen) atoms. The highest BCUT2D eigenvalue weighted by molar-refractivity contribution is 5.79. The van der Waals surface area contributed by atoms with Gasteiger partial charge in [0.05, 0.1) is 19.6 Å². The largest absolute Gasteiger partial charge is 0.469 e. The molecule has 104 valence electrons. The number of carbonyl (C=O) groups excluding carboxylic acids is 2. The maximum Gasteiger partial charge on any atom is 0.306 e. The van der Waals surface area contributed by atoms with Crippen LogP contribution in [-0.2, 0) is 14.3 Å². The Hall–Kier alpha value is -1.50. The van der Waals surface area contributed by atoms with Gasteiger partial charge in [0.15, 0.2) is 0 Å². The molecule has 0 radical (unpaired) electrons. The molecule has 0 aliphatic carbocycles. The van der Waals surface area contributed by atoms with E-state index < -0.39 is 29.9 Å². The third-order valence-electron chi connectivity index (χ3n) is 2.40. The Morgan fingerprint density at radius 3 is 2.44 bits per heavy atom. The molecule has 0 bridgehead atoms. The number of halogens is 2. The molecule has 0 fully saturated rings. The molecule has 0 aliphatic heterocycles. The van der Waals surface area contributed by atoms with Gasteiger partial charge < -0.3 is 15.8 Å². The molecule has 0 spiro atoms. The third kappa shape index (κ3) is 6.95. The quantitative estimate of drug-likeness (QED) is 0.635. The van der Waals surface area contributed by atoms with Crippen LogP contribution in [0, 0.1) is 5.92 Å². The van der Waals surface area contributed by atoms with Crippen molar-refractivity contribution in [2.45, 2.75) is 25.8 Å². The summed E-state index contributed by atoms with van der Waals surface area (Å²) in [6.07, 6.45) is -0.951. The predicted octanol–water partition coefficient (Wildman–Crippen LogP) is 0.800. The minimum Gasteiger partial charge on any atom is -0.469 e. The Bertz CT molecular complexity index is 317. The highest BCUT2D eigenvalue weighted by Gasteiger charge is 2.17. The molecular weight excluding hydrogens is 246 g/mol. The molecule has 0 aliphatic rings. The van der Waals surface area contributed by atoms with E-state index in [9.17, 15) is 18.4 Å². The molecule has 0 aromatic carbocycles. The van der Waals surface area contributed by atoms with Crippen LogP contribution in [-0.4, -0.2) is 31.6 Å². The fourth-order valence-corrected chi connectivity index (χ4v) is 1.41. The maximum atomic E-state index is 12.2. The monoisotopic (exact) mass is 264 g/mol. The van der Waals surface area contributed by atoms with E-state index in [1.54, 1.807) is 6.92 Å². The summed E-state index contributed by atoms with van der Waals surface area (Å²) in [6.45, 7) is 1.79. The second kappa shape index (κ2) is 8.57. The molecule has 0 unspecified atom stereocenters. The number of amides is 1. The van der Waals surface area contributed by atoms with Crippen LogP contribution in [0.15, 0.2) is 12.2 Å². The summed E-state index contributed by atoms with van der Waals surface area (Å²) in [7, 11) is 1.18. The number of primary amides is 1. The molecule has 0 rings (SSSR count). The number of nitrogens with one attached hydrogen (secondary N) is 1. The SMILES string of the molecule is CC[C@H](NC[C@@H](C=C(F)F)CC(=O)OC)C(N)=O. The molecular formula is C11H18F2N2O3. The van der Waals surface area contributed by atoms with Crippen LogP contribution in [0.4, 0.5) is 8.78 Å². The molecule has 0 aromatic heterocycles. The first-order chi connectivity index (χ1) is 8.40. The second-order valence-electron chi connectivity index (χ2n) is 3.77. The fourth-order valence-electron chi connectivity index (χ4n) is 1.41. The average Bonchev–Trinajstić information content (AvgIpc) is 2.28. The molecule has 0 aromatic rings. The number of esters is 1. The number of carbonyl (C=O) groups is 2. The molecule has 1 amide bonds. The van der Waals surface area contributed by atoms with E-state index in [4.69, 9.17) is 5.73 Å². The van der Waals surface area contributed by atoms with Gasteiger partial charge in [-0.25, -0.2) is 0 Å². The second-order valence-corrected chi connectivity index (χ2v) is 3.77. The number of rotatable bonds is 8. The van der Waals surface area contributed by atoms with Gasteiger partial charge in [0.2, 0.25) is 5.91 Å². The van der Waals surface area contributed by atoms with Gasteiger partial charge in [0, 0.05) is 12.5 Å². The third-order valence-corrected chi connectivity index (χ3v) is 2.40. The Morgan fingerprint density at radius 1 is 1.44 bits per heavy atom. The first-order valence-corrected chi connectivity index (χ1v) is 5.53. The number of hydrogen-bond acceptors (Lipinski definition) is 4. The van der Waals surface area contributed by atoms with E-state index in [0.29, 0.717) is 12.5 Å². The summed E-state index contributed by atoms with van der Waals surface area (Å²) in [4.78, 5) is 22.0. The molecule has 7 heteroatoms. The van der Waals surface area contributed by atoms with Crippen LogP contribution in [0.2, 0.25) is 0 Å². The molecule has 0 heterocycles. The van der Waals surface area contributed by atoms with Crippen LogP contribution in [0.3, 0.4) is 0 Å². The maximum absolute atomic E-state index is 12.2. The van der Waals surface area contributed by atoms with Gasteiger partial charge in [-0.1, -0.05) is 6.92 Å². The van der Waals surface area contributed by atoms with E-state index in [1.807, 2.05) is 0 Å². The van der Waals surface area contributed by atoms with Crippen LogP contribution >= 0.6 is 0 Å². The van der Waals surface area contributed by atoms with Crippen molar-refractivity contribution in [2.75, 3.05) is 13.7 Å². The van der Waals surface area contributed by atoms with Gasteiger partial charge in [0.25, 0.3) is 6.08 Å². The summed E-state index contributed by atoms with van der Waals surface area (Å²) < 4.78 is 28.8. The Balaban J connectivity index is 4.45. The number of nitrogens with two attached hydrogens (primary N) is 1. The highest BCUT2D eigenvalue weighted by Crippen LogP contribution is 2.11. The highest BCUT2D eigenvalue weighted by atomic mass is 19.3. The average molecular weight is 264 g/mol. The molecule has 2 atom stereocenters. The van der Waals surface area contributed by atoms with E-state index in [2.05, 4.69) is 10.1 Å².